The number of fused-ring (bicyclic) bond motifs is 1. The Kier molecular flexibility index (Phi) is 2.75. The zero-order chi connectivity index (χ0) is 7.40. The van der Waals surface area contributed by atoms with Crippen molar-refractivity contribution in [2.75, 3.05) is 5.83 Å². The van der Waals surface area contributed by atoms with E-state index in [2.05, 4.69) is 22.0 Å². The fourth-order valence-electron chi connectivity index (χ4n) is 0.839. The molecule has 1 aliphatic rings. The molecule has 54 valence electrons. The van der Waals surface area contributed by atoms with E-state index in [-0.39, 0.29) is 0 Å². The lowest BCUT2D eigenvalue weighted by Crippen LogP contribution is -2.07. The minimum absolute atomic E-state index is 0.802. The lowest BCUT2D eigenvalue weighted by Gasteiger charge is -2.18. The first kappa shape index (κ1) is 7.61. The van der Waals surface area contributed by atoms with Gasteiger partial charge in [-0.3, -0.25) is 0 Å². The van der Waals surface area contributed by atoms with E-state index >= 15 is 0 Å². The number of hydrogen-bond acceptors (Lipinski definition) is 1. The van der Waals surface area contributed by atoms with Crippen LogP contribution in [0.4, 0.5) is 0 Å². The van der Waals surface area contributed by atoms with Gasteiger partial charge in [0.25, 0.3) is 0 Å². The number of halogens is 1. The van der Waals surface area contributed by atoms with Gasteiger partial charge in [0.15, 0.2) is 0 Å². The van der Waals surface area contributed by atoms with Crippen molar-refractivity contribution in [2.24, 2.45) is 0 Å². The molecule has 0 N–H and O–H groups in total. The SMILES string of the molecule is CBr.c1ccc2c(c1)CO2. The van der Waals surface area contributed by atoms with Gasteiger partial charge in [-0.1, -0.05) is 34.1 Å². The lowest BCUT2D eigenvalue weighted by atomic mass is 10.1. The van der Waals surface area contributed by atoms with Crippen molar-refractivity contribution in [3.63, 3.8) is 0 Å². The fraction of sp³-hybridized carbons (Fsp3) is 0.250. The summed E-state index contributed by atoms with van der Waals surface area (Å²) in [5, 5.41) is 0. The predicted octanol–water partition coefficient (Wildman–Crippen LogP) is 2.59. The highest BCUT2D eigenvalue weighted by molar-refractivity contribution is 9.08. The standard InChI is InChI=1S/C7H6O.CH3Br/c1-2-4-7-6(3-1)5-8-7;1-2/h1-4H,5H2;1H3. The molecular weight excluding hydrogens is 192 g/mol. The monoisotopic (exact) mass is 200 g/mol. The van der Waals surface area contributed by atoms with Crippen LogP contribution in [-0.2, 0) is 6.61 Å². The summed E-state index contributed by atoms with van der Waals surface area (Å²) in [7, 11) is 0. The lowest BCUT2D eigenvalue weighted by molar-refractivity contribution is 0.243. The zero-order valence-electron chi connectivity index (χ0n) is 5.80. The maximum atomic E-state index is 5.08. The van der Waals surface area contributed by atoms with Crippen LogP contribution in [0.15, 0.2) is 24.3 Å². The van der Waals surface area contributed by atoms with Crippen molar-refractivity contribution in [3.8, 4) is 5.75 Å². The number of para-hydroxylation sites is 1. The van der Waals surface area contributed by atoms with E-state index < -0.39 is 0 Å². The third-order valence-electron chi connectivity index (χ3n) is 1.36. The third kappa shape index (κ3) is 1.32. The molecule has 0 radical (unpaired) electrons. The molecular formula is C8H9BrO. The van der Waals surface area contributed by atoms with E-state index in [0.29, 0.717) is 0 Å². The second kappa shape index (κ2) is 3.62. The topological polar surface area (TPSA) is 9.23 Å². The molecule has 2 rings (SSSR count). The summed E-state index contributed by atoms with van der Waals surface area (Å²) in [4.78, 5) is 0. The number of benzene rings is 1. The van der Waals surface area contributed by atoms with E-state index in [9.17, 15) is 0 Å². The van der Waals surface area contributed by atoms with Gasteiger partial charge < -0.3 is 4.74 Å². The second-order valence-corrected chi connectivity index (χ2v) is 1.90. The van der Waals surface area contributed by atoms with Crippen LogP contribution in [0.5, 0.6) is 5.75 Å². The molecule has 1 nitrogen and oxygen atoms in total. The molecule has 2 heteroatoms. The number of ether oxygens (including phenoxy) is 1. The van der Waals surface area contributed by atoms with Crippen molar-refractivity contribution in [2.45, 2.75) is 6.61 Å². The van der Waals surface area contributed by atoms with Gasteiger partial charge in [-0.05, 0) is 11.9 Å². The number of hydrogen-bond donors (Lipinski definition) is 0. The first-order valence-electron chi connectivity index (χ1n) is 3.05. The smallest absolute Gasteiger partial charge is 0.126 e. The van der Waals surface area contributed by atoms with Crippen molar-refractivity contribution in [3.05, 3.63) is 29.8 Å². The quantitative estimate of drug-likeness (QED) is 0.586. The molecule has 1 aromatic rings. The summed E-state index contributed by atoms with van der Waals surface area (Å²) in [6, 6.07) is 8.08. The van der Waals surface area contributed by atoms with Gasteiger partial charge in [0.05, 0.1) is 0 Å². The average Bonchev–Trinajstić information content (AvgIpc) is 1.96. The maximum absolute atomic E-state index is 5.08. The summed E-state index contributed by atoms with van der Waals surface area (Å²) in [6.45, 7) is 0.802. The van der Waals surface area contributed by atoms with Crippen molar-refractivity contribution in [1.82, 2.24) is 0 Å². The Morgan fingerprint density at radius 3 is 2.30 bits per heavy atom. The van der Waals surface area contributed by atoms with Crippen LogP contribution in [0.1, 0.15) is 5.56 Å². The van der Waals surface area contributed by atoms with E-state index in [1.54, 1.807) is 0 Å². The van der Waals surface area contributed by atoms with Crippen LogP contribution in [0.25, 0.3) is 0 Å². The molecule has 0 bridgehead atoms. The highest BCUT2D eigenvalue weighted by Gasteiger charge is 2.10. The summed E-state index contributed by atoms with van der Waals surface area (Å²) >= 11 is 2.94. The van der Waals surface area contributed by atoms with Crippen molar-refractivity contribution < 1.29 is 4.74 Å². The molecule has 0 saturated carbocycles. The molecule has 0 amide bonds. The van der Waals surface area contributed by atoms with E-state index in [1.807, 2.05) is 24.0 Å². The van der Waals surface area contributed by atoms with E-state index in [1.165, 1.54) is 5.56 Å². The minimum Gasteiger partial charge on any atom is -0.488 e. The number of alkyl halides is 1. The first-order chi connectivity index (χ1) is 4.97. The Morgan fingerprint density at radius 2 is 2.00 bits per heavy atom. The van der Waals surface area contributed by atoms with Crippen LogP contribution in [0, 0.1) is 0 Å². The Balaban J connectivity index is 0.000000231. The largest absolute Gasteiger partial charge is 0.488 e. The molecule has 10 heavy (non-hydrogen) atoms. The molecule has 1 aromatic carbocycles. The van der Waals surface area contributed by atoms with Gasteiger partial charge in [-0.2, -0.15) is 0 Å². The summed E-state index contributed by atoms with van der Waals surface area (Å²) in [6.07, 6.45) is 0. The minimum atomic E-state index is 0.802. The molecule has 0 aromatic heterocycles. The first-order valence-corrected chi connectivity index (χ1v) is 4.64. The molecule has 0 atom stereocenters. The highest BCUT2D eigenvalue weighted by Crippen LogP contribution is 2.27. The average molecular weight is 201 g/mol. The van der Waals surface area contributed by atoms with Gasteiger partial charge in [0.1, 0.15) is 12.4 Å². The summed E-state index contributed by atoms with van der Waals surface area (Å²) in [5.41, 5.74) is 1.33. The summed E-state index contributed by atoms with van der Waals surface area (Å²) < 4.78 is 5.08. The zero-order valence-corrected chi connectivity index (χ0v) is 7.39. The van der Waals surface area contributed by atoms with E-state index in [0.717, 1.165) is 12.4 Å². The normalized spacial score (nSPS) is 11.4. The van der Waals surface area contributed by atoms with Gasteiger partial charge in [0, 0.05) is 5.56 Å². The Morgan fingerprint density at radius 1 is 1.30 bits per heavy atom. The predicted molar refractivity (Wildman–Crippen MR) is 45.6 cm³/mol. The molecule has 0 spiro atoms. The van der Waals surface area contributed by atoms with Crippen LogP contribution < -0.4 is 4.74 Å². The van der Waals surface area contributed by atoms with Crippen LogP contribution in [0.3, 0.4) is 0 Å². The van der Waals surface area contributed by atoms with Crippen LogP contribution in [-0.4, -0.2) is 5.83 Å². The van der Waals surface area contributed by atoms with Gasteiger partial charge in [-0.15, -0.1) is 0 Å². The van der Waals surface area contributed by atoms with Crippen LogP contribution >= 0.6 is 15.9 Å². The Hall–Kier alpha value is -0.500. The second-order valence-electron chi connectivity index (χ2n) is 1.90. The van der Waals surface area contributed by atoms with E-state index in [4.69, 9.17) is 4.74 Å². The molecule has 0 aliphatic carbocycles. The summed E-state index contributed by atoms with van der Waals surface area (Å²) in [5.74, 6) is 2.86. The maximum Gasteiger partial charge on any atom is 0.126 e. The van der Waals surface area contributed by atoms with Gasteiger partial charge in [0.2, 0.25) is 0 Å². The molecule has 1 heterocycles. The van der Waals surface area contributed by atoms with Crippen molar-refractivity contribution in [1.29, 1.82) is 0 Å². The molecule has 0 unspecified atom stereocenters. The van der Waals surface area contributed by atoms with Crippen LogP contribution in [0.2, 0.25) is 0 Å². The van der Waals surface area contributed by atoms with Gasteiger partial charge >= 0.3 is 0 Å². The highest BCUT2D eigenvalue weighted by atomic mass is 79.9. The van der Waals surface area contributed by atoms with Crippen molar-refractivity contribution >= 4 is 15.9 Å². The fourth-order valence-corrected chi connectivity index (χ4v) is 0.839. The Bertz CT molecular complexity index is 187. The van der Waals surface area contributed by atoms with Gasteiger partial charge in [-0.25, -0.2) is 0 Å². The third-order valence-corrected chi connectivity index (χ3v) is 1.36. The molecule has 0 saturated heterocycles. The number of rotatable bonds is 0. The molecule has 1 aliphatic heterocycles. The Labute approximate surface area is 69.1 Å². The molecule has 0 fully saturated rings.